The van der Waals surface area contributed by atoms with E-state index in [1.54, 1.807) is 40.0 Å². The molecule has 7 heteroatoms. The maximum atomic E-state index is 13.2. The molecule has 2 aromatic heterocycles. The first-order chi connectivity index (χ1) is 12.8. The third-order valence-electron chi connectivity index (χ3n) is 4.60. The van der Waals surface area contributed by atoms with E-state index in [4.69, 9.17) is 4.74 Å². The lowest BCUT2D eigenvalue weighted by Gasteiger charge is -2.28. The summed E-state index contributed by atoms with van der Waals surface area (Å²) in [5.74, 6) is -0.896. The van der Waals surface area contributed by atoms with Crippen molar-refractivity contribution in [2.24, 2.45) is 0 Å². The van der Waals surface area contributed by atoms with Crippen LogP contribution in [0.2, 0.25) is 0 Å². The number of esters is 1. The molecule has 144 valence electrons. The number of nitrogens with zero attached hydrogens (tertiary/aromatic N) is 2. The van der Waals surface area contributed by atoms with Crippen LogP contribution in [-0.4, -0.2) is 45.7 Å². The van der Waals surface area contributed by atoms with Crippen LogP contribution in [0.1, 0.15) is 58.1 Å². The number of carbonyl (C=O) groups is 3. The molecule has 0 aliphatic rings. The van der Waals surface area contributed by atoms with Gasteiger partial charge >= 0.3 is 5.97 Å². The molecule has 0 saturated heterocycles. The molecule has 1 atom stereocenters. The van der Waals surface area contributed by atoms with E-state index in [9.17, 15) is 14.4 Å². The molecule has 0 fully saturated rings. The number of rotatable bonds is 7. The van der Waals surface area contributed by atoms with Crippen LogP contribution in [0.15, 0.2) is 24.4 Å². The van der Waals surface area contributed by atoms with Crippen LogP contribution in [-0.2, 0) is 16.1 Å². The van der Waals surface area contributed by atoms with Gasteiger partial charge in [0, 0.05) is 23.9 Å². The van der Waals surface area contributed by atoms with E-state index in [1.165, 1.54) is 12.0 Å². The molecule has 1 N–H and O–H groups in total. The van der Waals surface area contributed by atoms with Gasteiger partial charge in [0.25, 0.3) is 0 Å². The summed E-state index contributed by atoms with van der Waals surface area (Å²) in [7, 11) is 1.29. The number of pyridine rings is 1. The Balaban J connectivity index is 2.36. The Morgan fingerprint density at radius 1 is 1.26 bits per heavy atom. The molecule has 2 heterocycles. The topological polar surface area (TPSA) is 92.4 Å². The Morgan fingerprint density at radius 2 is 1.96 bits per heavy atom. The molecular formula is C20H25N3O4. The van der Waals surface area contributed by atoms with Crippen molar-refractivity contribution < 1.29 is 19.1 Å². The van der Waals surface area contributed by atoms with Crippen molar-refractivity contribution in [2.75, 3.05) is 7.11 Å². The van der Waals surface area contributed by atoms with Gasteiger partial charge in [0.1, 0.15) is 5.69 Å². The van der Waals surface area contributed by atoms with Gasteiger partial charge < -0.3 is 14.6 Å². The maximum Gasteiger partial charge on any atom is 0.354 e. The van der Waals surface area contributed by atoms with E-state index in [2.05, 4.69) is 9.97 Å². The molecule has 7 nitrogen and oxygen atoms in total. The minimum absolute atomic E-state index is 0.138. The fourth-order valence-electron chi connectivity index (χ4n) is 3.09. The van der Waals surface area contributed by atoms with Crippen LogP contribution in [0.25, 0.3) is 0 Å². The quantitative estimate of drug-likeness (QED) is 0.597. The van der Waals surface area contributed by atoms with Crippen LogP contribution in [0.5, 0.6) is 0 Å². The van der Waals surface area contributed by atoms with Gasteiger partial charge in [0.05, 0.1) is 25.4 Å². The third kappa shape index (κ3) is 4.24. The summed E-state index contributed by atoms with van der Waals surface area (Å²) < 4.78 is 4.75. The minimum atomic E-state index is -0.696. The van der Waals surface area contributed by atoms with Gasteiger partial charge in [0.15, 0.2) is 5.78 Å². The standard InChI is InChI=1S/C20H25N3O4/c1-6-16(24)23(11-15-9-7-8-10-21-15)14(4)19(25)17-12(2)18(20(26)27-5)22-13(17)3/h7-10,14,22H,6,11H2,1-5H3/t14-/m1/s1. The largest absolute Gasteiger partial charge is 0.464 e. The van der Waals surface area contributed by atoms with Crippen molar-refractivity contribution in [3.05, 3.63) is 52.6 Å². The highest BCUT2D eigenvalue weighted by molar-refractivity contribution is 6.06. The van der Waals surface area contributed by atoms with Crippen LogP contribution in [0.3, 0.4) is 0 Å². The van der Waals surface area contributed by atoms with E-state index in [-0.39, 0.29) is 30.3 Å². The molecule has 0 saturated carbocycles. The summed E-state index contributed by atoms with van der Waals surface area (Å²) in [5.41, 5.74) is 2.47. The number of nitrogens with one attached hydrogen (secondary N) is 1. The average molecular weight is 371 g/mol. The first-order valence-electron chi connectivity index (χ1n) is 8.82. The molecule has 2 rings (SSSR count). The number of Topliss-reactive ketones (excluding diaryl/α,β-unsaturated/α-hetero) is 1. The molecule has 0 radical (unpaired) electrons. The number of ketones is 1. The number of carbonyl (C=O) groups excluding carboxylic acids is 3. The fourth-order valence-corrected chi connectivity index (χ4v) is 3.09. The molecule has 0 aliphatic carbocycles. The zero-order valence-corrected chi connectivity index (χ0v) is 16.3. The SMILES string of the molecule is CCC(=O)N(Cc1ccccn1)[C@H](C)C(=O)c1c(C)[nH]c(C(=O)OC)c1C. The minimum Gasteiger partial charge on any atom is -0.464 e. The predicted molar refractivity (Wildman–Crippen MR) is 100 cm³/mol. The summed E-state index contributed by atoms with van der Waals surface area (Å²) in [6, 6.07) is 4.75. The van der Waals surface area contributed by atoms with Gasteiger partial charge in [0.2, 0.25) is 5.91 Å². The molecular weight excluding hydrogens is 346 g/mol. The molecule has 0 spiro atoms. The van der Waals surface area contributed by atoms with Gasteiger partial charge in [-0.25, -0.2) is 4.79 Å². The lowest BCUT2D eigenvalue weighted by atomic mass is 9.99. The number of hydrogen-bond acceptors (Lipinski definition) is 5. The van der Waals surface area contributed by atoms with Crippen molar-refractivity contribution in [2.45, 2.75) is 46.7 Å². The number of ether oxygens (including phenoxy) is 1. The van der Waals surface area contributed by atoms with Crippen molar-refractivity contribution >= 4 is 17.7 Å². The second-order valence-corrected chi connectivity index (χ2v) is 6.35. The average Bonchev–Trinajstić information content (AvgIpc) is 2.98. The van der Waals surface area contributed by atoms with Crippen molar-refractivity contribution in [3.8, 4) is 0 Å². The monoisotopic (exact) mass is 371 g/mol. The van der Waals surface area contributed by atoms with Gasteiger partial charge in [-0.1, -0.05) is 13.0 Å². The second kappa shape index (κ2) is 8.62. The van der Waals surface area contributed by atoms with Crippen LogP contribution in [0, 0.1) is 13.8 Å². The van der Waals surface area contributed by atoms with Crippen LogP contribution in [0.4, 0.5) is 0 Å². The lowest BCUT2D eigenvalue weighted by molar-refractivity contribution is -0.132. The third-order valence-corrected chi connectivity index (χ3v) is 4.60. The van der Waals surface area contributed by atoms with E-state index >= 15 is 0 Å². The number of aromatic amines is 1. The highest BCUT2D eigenvalue weighted by Crippen LogP contribution is 2.23. The lowest BCUT2D eigenvalue weighted by Crippen LogP contribution is -2.43. The Morgan fingerprint density at radius 3 is 2.52 bits per heavy atom. The Labute approximate surface area is 158 Å². The van der Waals surface area contributed by atoms with Crippen LogP contribution < -0.4 is 0 Å². The molecule has 2 aromatic rings. The Hall–Kier alpha value is -2.96. The summed E-state index contributed by atoms with van der Waals surface area (Å²) in [6.07, 6.45) is 1.93. The first-order valence-corrected chi connectivity index (χ1v) is 8.82. The predicted octanol–water partition coefficient (Wildman–Crippen LogP) is 2.82. The normalized spacial score (nSPS) is 11.7. The molecule has 0 aliphatic heterocycles. The Bertz CT molecular complexity index is 842. The first kappa shape index (κ1) is 20.4. The number of aryl methyl sites for hydroxylation is 1. The highest BCUT2D eigenvalue weighted by atomic mass is 16.5. The van der Waals surface area contributed by atoms with Gasteiger partial charge in [-0.05, 0) is 38.5 Å². The Kier molecular flexibility index (Phi) is 6.50. The summed E-state index contributed by atoms with van der Waals surface area (Å²) >= 11 is 0. The van der Waals surface area contributed by atoms with Gasteiger partial charge in [-0.3, -0.25) is 14.6 Å². The van der Waals surface area contributed by atoms with Crippen molar-refractivity contribution in [1.29, 1.82) is 0 Å². The highest BCUT2D eigenvalue weighted by Gasteiger charge is 2.30. The number of hydrogen-bond donors (Lipinski definition) is 1. The molecule has 27 heavy (non-hydrogen) atoms. The van der Waals surface area contributed by atoms with E-state index in [0.717, 1.165) is 0 Å². The molecule has 0 aromatic carbocycles. The van der Waals surface area contributed by atoms with E-state index in [1.807, 2.05) is 12.1 Å². The van der Waals surface area contributed by atoms with Gasteiger partial charge in [-0.15, -0.1) is 0 Å². The van der Waals surface area contributed by atoms with Crippen molar-refractivity contribution in [1.82, 2.24) is 14.9 Å². The van der Waals surface area contributed by atoms with E-state index in [0.29, 0.717) is 22.5 Å². The number of H-pyrrole nitrogens is 1. The maximum absolute atomic E-state index is 13.2. The summed E-state index contributed by atoms with van der Waals surface area (Å²) in [6.45, 7) is 7.12. The van der Waals surface area contributed by atoms with Crippen molar-refractivity contribution in [3.63, 3.8) is 0 Å². The zero-order valence-electron chi connectivity index (χ0n) is 16.3. The molecule has 0 bridgehead atoms. The van der Waals surface area contributed by atoms with E-state index < -0.39 is 12.0 Å². The van der Waals surface area contributed by atoms with Crippen LogP contribution >= 0.6 is 0 Å². The van der Waals surface area contributed by atoms with Gasteiger partial charge in [-0.2, -0.15) is 0 Å². The zero-order chi connectivity index (χ0) is 20.1. The summed E-state index contributed by atoms with van der Waals surface area (Å²) in [4.78, 5) is 46.2. The number of methoxy groups -OCH3 is 1. The smallest absolute Gasteiger partial charge is 0.354 e. The second-order valence-electron chi connectivity index (χ2n) is 6.35. The molecule has 0 unspecified atom stereocenters. The number of aromatic nitrogens is 2. The molecule has 1 amide bonds. The fraction of sp³-hybridized carbons (Fsp3) is 0.400. The summed E-state index contributed by atoms with van der Waals surface area (Å²) in [5, 5.41) is 0. The number of amides is 1.